The van der Waals surface area contributed by atoms with Crippen LogP contribution in [0.1, 0.15) is 0 Å². The van der Waals surface area contributed by atoms with Crippen molar-refractivity contribution in [2.24, 2.45) is 0 Å². The van der Waals surface area contributed by atoms with Crippen LogP contribution in [0.5, 0.6) is 0 Å². The van der Waals surface area contributed by atoms with Crippen LogP contribution in [0.4, 0.5) is 0 Å². The van der Waals surface area contributed by atoms with Crippen LogP contribution in [0.2, 0.25) is 0 Å². The highest BCUT2D eigenvalue weighted by Crippen LogP contribution is 2.41. The molecule has 33 heavy (non-hydrogen) atoms. The molecule has 2 aliphatic heterocycles. The van der Waals surface area contributed by atoms with Crippen LogP contribution < -0.4 is 16.4 Å². The molecule has 0 amide bonds. The Labute approximate surface area is 202 Å². The van der Waals surface area contributed by atoms with Gasteiger partial charge in [-0.1, -0.05) is 107 Å². The van der Waals surface area contributed by atoms with E-state index >= 15 is 0 Å². The topological polar surface area (TPSA) is 12.9 Å². The molecular weight excluding hydrogens is 437 g/mol. The highest BCUT2D eigenvalue weighted by atomic mass is 32.2. The lowest BCUT2D eigenvalue weighted by molar-refractivity contribution is 1.29. The molecule has 154 valence electrons. The first-order valence-electron chi connectivity index (χ1n) is 11.1. The van der Waals surface area contributed by atoms with E-state index < -0.39 is 0 Å². The molecule has 7 rings (SSSR count). The fourth-order valence-electron chi connectivity index (χ4n) is 4.99. The monoisotopic (exact) mass is 455 g/mol. The molecule has 1 nitrogen and oxygen atoms in total. The summed E-state index contributed by atoms with van der Waals surface area (Å²) in [6.07, 6.45) is 1.93. The van der Waals surface area contributed by atoms with Gasteiger partial charge in [-0.3, -0.25) is 4.98 Å². The number of nitrogens with zero attached hydrogens (tertiary/aromatic N) is 1. The molecular formula is C29H18BNS2. The van der Waals surface area contributed by atoms with Gasteiger partial charge in [-0.05, 0) is 46.9 Å². The number of benzene rings is 4. The summed E-state index contributed by atoms with van der Waals surface area (Å²) in [5.41, 5.74) is 8.90. The number of pyridine rings is 1. The van der Waals surface area contributed by atoms with Crippen molar-refractivity contribution in [2.75, 3.05) is 0 Å². The van der Waals surface area contributed by atoms with Gasteiger partial charge in [0.25, 0.3) is 0 Å². The van der Waals surface area contributed by atoms with Gasteiger partial charge in [-0.15, -0.1) is 0 Å². The van der Waals surface area contributed by atoms with E-state index in [0.717, 1.165) is 5.69 Å². The fraction of sp³-hybridized carbons (Fsp3) is 0. The Bertz CT molecular complexity index is 1530. The lowest BCUT2D eigenvalue weighted by Gasteiger charge is -2.33. The smallest absolute Gasteiger partial charge is 0.247 e. The highest BCUT2D eigenvalue weighted by Gasteiger charge is 2.38. The summed E-state index contributed by atoms with van der Waals surface area (Å²) in [6, 6.07) is 37.2. The average Bonchev–Trinajstić information content (AvgIpc) is 2.89. The van der Waals surface area contributed by atoms with Gasteiger partial charge in [0.05, 0.1) is 5.69 Å². The van der Waals surface area contributed by atoms with E-state index in [2.05, 4.69) is 103 Å². The standard InChI is InChI=1S/C29H18BNS2/c1-2-8-19(9-3-1)20-16-17-31-24(18-20)21-10-6-12-23-29(21)33-27-15-7-14-26-28(27)30(23)22-11-4-5-13-25(22)32-26/h1-18H. The molecule has 0 unspecified atom stereocenters. The predicted octanol–water partition coefficient (Wildman–Crippen LogP) is 5.86. The van der Waals surface area contributed by atoms with E-state index in [-0.39, 0.29) is 6.71 Å². The summed E-state index contributed by atoms with van der Waals surface area (Å²) >= 11 is 3.79. The molecule has 5 aromatic rings. The molecule has 0 bridgehead atoms. The Morgan fingerprint density at radius 3 is 2.21 bits per heavy atom. The van der Waals surface area contributed by atoms with Gasteiger partial charge in [0.2, 0.25) is 6.71 Å². The molecule has 0 atom stereocenters. The molecule has 4 heteroatoms. The van der Waals surface area contributed by atoms with Crippen LogP contribution >= 0.6 is 23.5 Å². The summed E-state index contributed by atoms with van der Waals surface area (Å²) < 4.78 is 0. The molecule has 1 aromatic heterocycles. The van der Waals surface area contributed by atoms with Crippen LogP contribution in [-0.4, -0.2) is 11.7 Å². The lowest BCUT2D eigenvalue weighted by atomic mass is 9.36. The second-order valence-electron chi connectivity index (χ2n) is 8.36. The number of hydrogen-bond donors (Lipinski definition) is 0. The Morgan fingerprint density at radius 2 is 1.30 bits per heavy atom. The van der Waals surface area contributed by atoms with Crippen molar-refractivity contribution in [3.05, 3.63) is 109 Å². The summed E-state index contributed by atoms with van der Waals surface area (Å²) in [6.45, 7) is 0.266. The van der Waals surface area contributed by atoms with E-state index in [1.165, 1.54) is 52.7 Å². The molecule has 4 aromatic carbocycles. The van der Waals surface area contributed by atoms with Crippen LogP contribution in [0.15, 0.2) is 129 Å². The van der Waals surface area contributed by atoms with Crippen molar-refractivity contribution < 1.29 is 0 Å². The Balaban J connectivity index is 1.43. The van der Waals surface area contributed by atoms with Crippen molar-refractivity contribution in [1.29, 1.82) is 0 Å². The zero-order valence-electron chi connectivity index (χ0n) is 17.7. The van der Waals surface area contributed by atoms with Gasteiger partial charge >= 0.3 is 0 Å². The molecule has 3 heterocycles. The minimum atomic E-state index is 0.266. The first kappa shape index (κ1) is 19.3. The molecule has 0 saturated heterocycles. The fourth-order valence-corrected chi connectivity index (χ4v) is 7.52. The highest BCUT2D eigenvalue weighted by molar-refractivity contribution is 8.01. The maximum atomic E-state index is 4.81. The van der Waals surface area contributed by atoms with Crippen molar-refractivity contribution in [1.82, 2.24) is 4.98 Å². The van der Waals surface area contributed by atoms with Crippen molar-refractivity contribution in [3.8, 4) is 22.4 Å². The average molecular weight is 455 g/mol. The first-order chi connectivity index (χ1) is 16.4. The minimum Gasteiger partial charge on any atom is -0.256 e. The maximum Gasteiger partial charge on any atom is 0.247 e. The summed E-state index contributed by atoms with van der Waals surface area (Å²) in [4.78, 5) is 10.2. The van der Waals surface area contributed by atoms with Crippen LogP contribution in [0.25, 0.3) is 22.4 Å². The summed E-state index contributed by atoms with van der Waals surface area (Å²) in [5, 5.41) is 0. The van der Waals surface area contributed by atoms with Gasteiger partial charge in [0.1, 0.15) is 0 Å². The van der Waals surface area contributed by atoms with E-state index in [4.69, 9.17) is 4.98 Å². The number of rotatable bonds is 2. The third-order valence-electron chi connectivity index (χ3n) is 6.48. The van der Waals surface area contributed by atoms with Crippen molar-refractivity contribution in [3.63, 3.8) is 0 Å². The molecule has 0 aliphatic carbocycles. The number of aromatic nitrogens is 1. The molecule has 0 spiro atoms. The molecule has 0 fully saturated rings. The zero-order valence-corrected chi connectivity index (χ0v) is 19.4. The lowest BCUT2D eigenvalue weighted by Crippen LogP contribution is -2.58. The summed E-state index contributed by atoms with van der Waals surface area (Å²) in [7, 11) is 0. The molecule has 0 radical (unpaired) electrons. The Hall–Kier alpha value is -3.21. The second-order valence-corrected chi connectivity index (χ2v) is 10.5. The zero-order chi connectivity index (χ0) is 21.8. The largest absolute Gasteiger partial charge is 0.256 e. The molecule has 0 N–H and O–H groups in total. The quantitative estimate of drug-likeness (QED) is 0.303. The second kappa shape index (κ2) is 7.69. The van der Waals surface area contributed by atoms with E-state index in [1.807, 2.05) is 29.7 Å². The van der Waals surface area contributed by atoms with Crippen LogP contribution in [-0.2, 0) is 0 Å². The van der Waals surface area contributed by atoms with E-state index in [0.29, 0.717) is 0 Å². The number of fused-ring (bicyclic) bond motifs is 4. The van der Waals surface area contributed by atoms with Gasteiger partial charge < -0.3 is 0 Å². The van der Waals surface area contributed by atoms with E-state index in [9.17, 15) is 0 Å². The predicted molar refractivity (Wildman–Crippen MR) is 141 cm³/mol. The van der Waals surface area contributed by atoms with Gasteiger partial charge in [0.15, 0.2) is 0 Å². The first-order valence-corrected chi connectivity index (χ1v) is 12.7. The van der Waals surface area contributed by atoms with Gasteiger partial charge in [-0.25, -0.2) is 0 Å². The van der Waals surface area contributed by atoms with Crippen molar-refractivity contribution >= 4 is 46.6 Å². The molecule has 2 aliphatic rings. The third-order valence-corrected chi connectivity index (χ3v) is 8.88. The molecule has 0 saturated carbocycles. The minimum absolute atomic E-state index is 0.266. The van der Waals surface area contributed by atoms with E-state index in [1.54, 1.807) is 0 Å². The number of hydrogen-bond acceptors (Lipinski definition) is 3. The van der Waals surface area contributed by atoms with Gasteiger partial charge in [-0.2, -0.15) is 0 Å². The maximum absolute atomic E-state index is 4.81. The van der Waals surface area contributed by atoms with Crippen LogP contribution in [0.3, 0.4) is 0 Å². The Kier molecular flexibility index (Phi) is 4.49. The van der Waals surface area contributed by atoms with Crippen LogP contribution in [0, 0.1) is 0 Å². The SMILES string of the molecule is c1ccc(-c2ccnc(-c3cccc4c3Sc3cccc5c3B4c3ccccc3S5)c2)cc1. The van der Waals surface area contributed by atoms with Crippen molar-refractivity contribution in [2.45, 2.75) is 19.6 Å². The van der Waals surface area contributed by atoms with Gasteiger partial charge in [0, 0.05) is 31.3 Å². The summed E-state index contributed by atoms with van der Waals surface area (Å²) in [5.74, 6) is 0. The normalized spacial score (nSPS) is 13.2. The third kappa shape index (κ3) is 3.09. The Morgan fingerprint density at radius 1 is 0.576 bits per heavy atom.